The molecule has 2 unspecified atom stereocenters. The number of anilines is 1. The normalized spacial score (nSPS) is 13.9. The number of rotatable bonds is 7. The summed E-state index contributed by atoms with van der Waals surface area (Å²) in [6, 6.07) is 7.53. The van der Waals surface area contributed by atoms with Crippen molar-refractivity contribution in [2.45, 2.75) is 18.2 Å². The second-order valence-electron chi connectivity index (χ2n) is 4.18. The molecule has 19 heavy (non-hydrogen) atoms. The Morgan fingerprint density at radius 2 is 2.26 bits per heavy atom. The van der Waals surface area contributed by atoms with Crippen molar-refractivity contribution in [3.63, 3.8) is 0 Å². The lowest BCUT2D eigenvalue weighted by atomic mass is 10.2. The number of halogens is 1. The SMILES string of the molecule is CSC(CO)C(C)NCC(=O)Nc1cccc(Br)c1. The van der Waals surface area contributed by atoms with E-state index in [1.165, 1.54) is 0 Å². The summed E-state index contributed by atoms with van der Waals surface area (Å²) in [5.41, 5.74) is 0.761. The molecule has 1 amide bonds. The van der Waals surface area contributed by atoms with Crippen LogP contribution in [-0.2, 0) is 4.79 Å². The summed E-state index contributed by atoms with van der Waals surface area (Å²) in [6.07, 6.45) is 1.95. The van der Waals surface area contributed by atoms with Crippen LogP contribution in [0.2, 0.25) is 0 Å². The number of thioether (sulfide) groups is 1. The lowest BCUT2D eigenvalue weighted by molar-refractivity contribution is -0.115. The molecule has 0 spiro atoms. The van der Waals surface area contributed by atoms with Gasteiger partial charge in [-0.3, -0.25) is 4.79 Å². The van der Waals surface area contributed by atoms with E-state index < -0.39 is 0 Å². The van der Waals surface area contributed by atoms with Crippen molar-refractivity contribution in [1.29, 1.82) is 0 Å². The van der Waals surface area contributed by atoms with Gasteiger partial charge in [-0.15, -0.1) is 0 Å². The molecule has 0 fully saturated rings. The van der Waals surface area contributed by atoms with Gasteiger partial charge >= 0.3 is 0 Å². The van der Waals surface area contributed by atoms with Gasteiger partial charge in [-0.05, 0) is 31.4 Å². The van der Waals surface area contributed by atoms with Crippen LogP contribution >= 0.6 is 27.7 Å². The highest BCUT2D eigenvalue weighted by Gasteiger charge is 2.15. The number of hydrogen-bond donors (Lipinski definition) is 3. The van der Waals surface area contributed by atoms with E-state index in [2.05, 4.69) is 26.6 Å². The Hall–Kier alpha value is -0.560. The Morgan fingerprint density at radius 3 is 2.84 bits per heavy atom. The molecule has 0 saturated heterocycles. The maximum atomic E-state index is 11.8. The maximum Gasteiger partial charge on any atom is 0.238 e. The number of aliphatic hydroxyl groups excluding tert-OH is 1. The summed E-state index contributed by atoms with van der Waals surface area (Å²) in [5.74, 6) is -0.0947. The Kier molecular flexibility index (Phi) is 7.45. The predicted molar refractivity (Wildman–Crippen MR) is 84.6 cm³/mol. The average molecular weight is 347 g/mol. The van der Waals surface area contributed by atoms with Gasteiger partial charge in [0.05, 0.1) is 13.2 Å². The lowest BCUT2D eigenvalue weighted by Crippen LogP contribution is -2.41. The first-order valence-electron chi connectivity index (χ1n) is 5.99. The number of carbonyl (C=O) groups excluding carboxylic acids is 1. The van der Waals surface area contributed by atoms with Crippen LogP contribution in [0.25, 0.3) is 0 Å². The molecule has 0 aromatic heterocycles. The minimum atomic E-state index is -0.0947. The highest BCUT2D eigenvalue weighted by atomic mass is 79.9. The summed E-state index contributed by atoms with van der Waals surface area (Å²) >= 11 is 4.94. The largest absolute Gasteiger partial charge is 0.395 e. The zero-order valence-electron chi connectivity index (χ0n) is 11.0. The van der Waals surface area contributed by atoms with Crippen LogP contribution < -0.4 is 10.6 Å². The van der Waals surface area contributed by atoms with Gasteiger partial charge in [-0.2, -0.15) is 11.8 Å². The molecule has 0 bridgehead atoms. The molecule has 0 aliphatic heterocycles. The van der Waals surface area contributed by atoms with Gasteiger partial charge in [0.25, 0.3) is 0 Å². The average Bonchev–Trinajstić information content (AvgIpc) is 2.38. The number of benzene rings is 1. The summed E-state index contributed by atoms with van der Waals surface area (Å²) in [4.78, 5) is 11.8. The Balaban J connectivity index is 2.39. The molecule has 0 heterocycles. The van der Waals surface area contributed by atoms with Crippen molar-refractivity contribution in [3.05, 3.63) is 28.7 Å². The molecule has 1 aromatic carbocycles. The first kappa shape index (κ1) is 16.5. The van der Waals surface area contributed by atoms with Gasteiger partial charge in [0.2, 0.25) is 5.91 Å². The first-order chi connectivity index (χ1) is 9.06. The lowest BCUT2D eigenvalue weighted by Gasteiger charge is -2.21. The zero-order chi connectivity index (χ0) is 14.3. The number of amides is 1. The van der Waals surface area contributed by atoms with Crippen LogP contribution in [0.1, 0.15) is 6.92 Å². The number of hydrogen-bond acceptors (Lipinski definition) is 4. The minimum absolute atomic E-state index is 0.0771. The second-order valence-corrected chi connectivity index (χ2v) is 6.18. The van der Waals surface area contributed by atoms with E-state index in [9.17, 15) is 4.79 Å². The van der Waals surface area contributed by atoms with Crippen molar-refractivity contribution >= 4 is 39.3 Å². The molecular formula is C13H19BrN2O2S. The summed E-state index contributed by atoms with van der Waals surface area (Å²) in [6.45, 7) is 2.29. The number of carbonyl (C=O) groups is 1. The van der Waals surface area contributed by atoms with Crippen molar-refractivity contribution in [2.75, 3.05) is 24.7 Å². The van der Waals surface area contributed by atoms with Crippen LogP contribution in [-0.4, -0.2) is 41.7 Å². The molecule has 106 valence electrons. The van der Waals surface area contributed by atoms with Gasteiger partial charge in [-0.1, -0.05) is 22.0 Å². The fraction of sp³-hybridized carbons (Fsp3) is 0.462. The van der Waals surface area contributed by atoms with Crippen LogP contribution in [0, 0.1) is 0 Å². The first-order valence-corrected chi connectivity index (χ1v) is 8.07. The molecule has 0 radical (unpaired) electrons. The van der Waals surface area contributed by atoms with E-state index in [0.717, 1.165) is 10.2 Å². The molecular weight excluding hydrogens is 328 g/mol. The molecule has 0 saturated carbocycles. The topological polar surface area (TPSA) is 61.4 Å². The Bertz CT molecular complexity index is 413. The standard InChI is InChI=1S/C13H19BrN2O2S/c1-9(12(8-17)19-2)15-7-13(18)16-11-5-3-4-10(14)6-11/h3-6,9,12,15,17H,7-8H2,1-2H3,(H,16,18). The van der Waals surface area contributed by atoms with E-state index in [0.29, 0.717) is 0 Å². The third kappa shape index (κ3) is 5.95. The van der Waals surface area contributed by atoms with E-state index in [1.807, 2.05) is 37.4 Å². The molecule has 2 atom stereocenters. The fourth-order valence-corrected chi connectivity index (χ4v) is 2.65. The van der Waals surface area contributed by atoms with Crippen LogP contribution in [0.4, 0.5) is 5.69 Å². The molecule has 1 rings (SSSR count). The van der Waals surface area contributed by atoms with E-state index in [1.54, 1.807) is 11.8 Å². The molecule has 1 aromatic rings. The molecule has 3 N–H and O–H groups in total. The monoisotopic (exact) mass is 346 g/mol. The maximum absolute atomic E-state index is 11.8. The quantitative estimate of drug-likeness (QED) is 0.707. The highest BCUT2D eigenvalue weighted by molar-refractivity contribution is 9.10. The minimum Gasteiger partial charge on any atom is -0.395 e. The van der Waals surface area contributed by atoms with Gasteiger partial charge < -0.3 is 15.7 Å². The highest BCUT2D eigenvalue weighted by Crippen LogP contribution is 2.15. The van der Waals surface area contributed by atoms with Crippen molar-refractivity contribution < 1.29 is 9.90 Å². The Labute approximate surface area is 126 Å². The van der Waals surface area contributed by atoms with Crippen LogP contribution in [0.3, 0.4) is 0 Å². The van der Waals surface area contributed by atoms with Gasteiger partial charge in [0.15, 0.2) is 0 Å². The van der Waals surface area contributed by atoms with Gasteiger partial charge in [-0.25, -0.2) is 0 Å². The van der Waals surface area contributed by atoms with Crippen molar-refractivity contribution in [3.8, 4) is 0 Å². The zero-order valence-corrected chi connectivity index (χ0v) is 13.4. The molecule has 4 nitrogen and oxygen atoms in total. The Morgan fingerprint density at radius 1 is 1.53 bits per heavy atom. The predicted octanol–water partition coefficient (Wildman–Crippen LogP) is 2.09. The molecule has 0 aliphatic carbocycles. The second kappa shape index (κ2) is 8.58. The summed E-state index contributed by atoms with van der Waals surface area (Å²) in [7, 11) is 0. The van der Waals surface area contributed by atoms with E-state index >= 15 is 0 Å². The number of nitrogens with one attached hydrogen (secondary N) is 2. The fourth-order valence-electron chi connectivity index (χ4n) is 1.59. The molecule has 0 aliphatic rings. The van der Waals surface area contributed by atoms with Gasteiger partial charge in [0, 0.05) is 21.5 Å². The smallest absolute Gasteiger partial charge is 0.238 e. The third-order valence-corrected chi connectivity index (χ3v) is 4.39. The van der Waals surface area contributed by atoms with E-state index in [-0.39, 0.29) is 30.4 Å². The summed E-state index contributed by atoms with van der Waals surface area (Å²) in [5, 5.41) is 15.2. The van der Waals surface area contributed by atoms with Crippen LogP contribution in [0.5, 0.6) is 0 Å². The van der Waals surface area contributed by atoms with Crippen molar-refractivity contribution in [1.82, 2.24) is 5.32 Å². The number of aliphatic hydroxyl groups is 1. The van der Waals surface area contributed by atoms with Crippen molar-refractivity contribution in [2.24, 2.45) is 0 Å². The van der Waals surface area contributed by atoms with Crippen LogP contribution in [0.15, 0.2) is 28.7 Å². The third-order valence-electron chi connectivity index (χ3n) is 2.73. The molecule has 6 heteroatoms. The summed E-state index contributed by atoms with van der Waals surface area (Å²) < 4.78 is 0.925. The van der Waals surface area contributed by atoms with E-state index in [4.69, 9.17) is 5.11 Å². The van der Waals surface area contributed by atoms with Gasteiger partial charge in [0.1, 0.15) is 0 Å².